The summed E-state index contributed by atoms with van der Waals surface area (Å²) in [5, 5.41) is 6.45. The number of amides is 1. The Morgan fingerprint density at radius 3 is 2.37 bits per heavy atom. The van der Waals surface area contributed by atoms with Gasteiger partial charge in [-0.25, -0.2) is 13.8 Å². The molecular weight excluding hydrogens is 594 g/mol. The van der Waals surface area contributed by atoms with E-state index in [0.29, 0.717) is 34.5 Å². The third-order valence-corrected chi connectivity index (χ3v) is 7.05. The van der Waals surface area contributed by atoms with E-state index in [2.05, 4.69) is 20.6 Å². The van der Waals surface area contributed by atoms with E-state index in [1.165, 1.54) is 37.1 Å². The average Bonchev–Trinajstić information content (AvgIpc) is 3.04. The number of halogens is 2. The summed E-state index contributed by atoms with van der Waals surface area (Å²) >= 11 is 0. The Hall–Kier alpha value is -5.62. The number of ether oxygens (including phenoxy) is 2. The zero-order chi connectivity index (χ0) is 32.8. The van der Waals surface area contributed by atoms with Gasteiger partial charge < -0.3 is 29.6 Å². The molecule has 236 valence electrons. The van der Waals surface area contributed by atoms with Gasteiger partial charge in [-0.15, -0.1) is 0 Å². The number of methoxy groups -OCH3 is 2. The molecule has 3 aromatic heterocycles. The molecule has 10 nitrogen and oxygen atoms in total. The van der Waals surface area contributed by atoms with E-state index >= 15 is 8.78 Å². The van der Waals surface area contributed by atoms with Gasteiger partial charge in [0.1, 0.15) is 5.82 Å². The number of nitrogens with one attached hydrogen (secondary N) is 2. The van der Waals surface area contributed by atoms with E-state index in [1.807, 2.05) is 19.0 Å². The van der Waals surface area contributed by atoms with Gasteiger partial charge >= 0.3 is 0 Å². The summed E-state index contributed by atoms with van der Waals surface area (Å²) in [5.41, 5.74) is 0.859. The Bertz CT molecular complexity index is 1950. The number of rotatable bonds is 11. The molecule has 2 N–H and O–H groups in total. The second kappa shape index (κ2) is 14.0. The summed E-state index contributed by atoms with van der Waals surface area (Å²) in [4.78, 5) is 37.1. The van der Waals surface area contributed by atoms with Crippen LogP contribution in [0.5, 0.6) is 11.5 Å². The van der Waals surface area contributed by atoms with Crippen molar-refractivity contribution in [2.75, 3.05) is 45.5 Å². The summed E-state index contributed by atoms with van der Waals surface area (Å²) in [7, 11) is 6.27. The number of benzene rings is 2. The smallest absolute Gasteiger partial charge is 0.259 e. The monoisotopic (exact) mass is 626 g/mol. The SMILES string of the molecule is COc1cc(OC)c(F)c(-c2cc3cnc(Nc4ccncc4)cc3n(Cc3cccc(NC(=O)/C=C/CN(C)C)c3)c2=O)c1F. The first kappa shape index (κ1) is 31.8. The molecule has 0 spiro atoms. The number of nitrogens with zero attached hydrogens (tertiary/aromatic N) is 4. The summed E-state index contributed by atoms with van der Waals surface area (Å²) in [6.07, 6.45) is 7.96. The van der Waals surface area contributed by atoms with Gasteiger partial charge in [0.05, 0.1) is 37.4 Å². The molecule has 5 aromatic rings. The summed E-state index contributed by atoms with van der Waals surface area (Å²) in [5.74, 6) is -2.51. The molecule has 0 saturated carbocycles. The zero-order valence-electron chi connectivity index (χ0n) is 25.7. The summed E-state index contributed by atoms with van der Waals surface area (Å²) < 4.78 is 42.9. The fraction of sp³-hybridized carbons (Fsp3) is 0.176. The van der Waals surface area contributed by atoms with E-state index in [9.17, 15) is 9.59 Å². The van der Waals surface area contributed by atoms with Crippen molar-refractivity contribution in [1.29, 1.82) is 0 Å². The molecule has 0 atom stereocenters. The van der Waals surface area contributed by atoms with Crippen LogP contribution in [0.2, 0.25) is 0 Å². The topological polar surface area (TPSA) is 111 Å². The Morgan fingerprint density at radius 1 is 0.978 bits per heavy atom. The van der Waals surface area contributed by atoms with Gasteiger partial charge in [-0.1, -0.05) is 18.2 Å². The molecule has 0 radical (unpaired) electrons. The minimum atomic E-state index is -1.04. The molecule has 12 heteroatoms. The van der Waals surface area contributed by atoms with Crippen LogP contribution < -0.4 is 25.7 Å². The number of hydrogen-bond acceptors (Lipinski definition) is 8. The van der Waals surface area contributed by atoms with E-state index in [4.69, 9.17) is 9.47 Å². The highest BCUT2D eigenvalue weighted by molar-refractivity contribution is 5.99. The first-order valence-corrected chi connectivity index (χ1v) is 14.2. The molecular formula is C34H32F2N6O4. The lowest BCUT2D eigenvalue weighted by Gasteiger charge is -2.17. The molecule has 3 heterocycles. The van der Waals surface area contributed by atoms with Gasteiger partial charge in [0, 0.05) is 60.1 Å². The molecule has 2 aromatic carbocycles. The van der Waals surface area contributed by atoms with Gasteiger partial charge in [0.15, 0.2) is 23.1 Å². The number of likely N-dealkylation sites (N-methyl/N-ethyl adjacent to an activating group) is 1. The minimum Gasteiger partial charge on any atom is -0.494 e. The molecule has 5 rings (SSSR count). The third kappa shape index (κ3) is 7.02. The molecule has 0 aliphatic rings. The average molecular weight is 627 g/mol. The highest BCUT2D eigenvalue weighted by Crippen LogP contribution is 2.37. The second-order valence-corrected chi connectivity index (χ2v) is 10.6. The first-order valence-electron chi connectivity index (χ1n) is 14.2. The third-order valence-electron chi connectivity index (χ3n) is 7.05. The van der Waals surface area contributed by atoms with Crippen molar-refractivity contribution in [1.82, 2.24) is 19.4 Å². The molecule has 0 aliphatic heterocycles. The van der Waals surface area contributed by atoms with Crippen LogP contribution in [0.3, 0.4) is 0 Å². The Labute approximate surface area is 263 Å². The van der Waals surface area contributed by atoms with Crippen molar-refractivity contribution in [3.8, 4) is 22.6 Å². The molecule has 0 fully saturated rings. The number of aromatic nitrogens is 3. The maximum absolute atomic E-state index is 15.6. The van der Waals surface area contributed by atoms with Gasteiger partial charge in [-0.3, -0.25) is 14.6 Å². The number of carbonyl (C=O) groups is 1. The lowest BCUT2D eigenvalue weighted by atomic mass is 10.0. The van der Waals surface area contributed by atoms with Gasteiger partial charge in [-0.05, 0) is 50.0 Å². The maximum atomic E-state index is 15.6. The largest absolute Gasteiger partial charge is 0.494 e. The number of pyridine rings is 3. The van der Waals surface area contributed by atoms with Crippen LogP contribution in [0.4, 0.5) is 26.0 Å². The Balaban J connectivity index is 1.63. The van der Waals surface area contributed by atoms with Crippen LogP contribution in [0.1, 0.15) is 5.56 Å². The fourth-order valence-electron chi connectivity index (χ4n) is 4.87. The summed E-state index contributed by atoms with van der Waals surface area (Å²) in [6.45, 7) is 0.611. The molecule has 0 unspecified atom stereocenters. The number of anilines is 3. The lowest BCUT2D eigenvalue weighted by molar-refractivity contribution is -0.111. The van der Waals surface area contributed by atoms with E-state index < -0.39 is 22.8 Å². The van der Waals surface area contributed by atoms with Gasteiger partial charge in [0.2, 0.25) is 5.91 Å². The highest BCUT2D eigenvalue weighted by Gasteiger charge is 2.25. The Kier molecular flexibility index (Phi) is 9.67. The van der Waals surface area contributed by atoms with Crippen molar-refractivity contribution in [3.05, 3.63) is 113 Å². The quantitative estimate of drug-likeness (QED) is 0.182. The first-order chi connectivity index (χ1) is 22.2. The van der Waals surface area contributed by atoms with Crippen LogP contribution in [-0.2, 0) is 11.3 Å². The minimum absolute atomic E-state index is 0.00635. The van der Waals surface area contributed by atoms with E-state index in [0.717, 1.165) is 11.8 Å². The number of fused-ring (bicyclic) bond motifs is 1. The van der Waals surface area contributed by atoms with Crippen LogP contribution in [0, 0.1) is 11.6 Å². The second-order valence-electron chi connectivity index (χ2n) is 10.6. The molecule has 46 heavy (non-hydrogen) atoms. The number of carbonyl (C=O) groups excluding carboxylic acids is 1. The lowest BCUT2D eigenvalue weighted by Crippen LogP contribution is -2.24. The van der Waals surface area contributed by atoms with E-state index in [1.54, 1.807) is 60.9 Å². The van der Waals surface area contributed by atoms with Crippen LogP contribution in [-0.4, -0.2) is 60.2 Å². The van der Waals surface area contributed by atoms with Crippen molar-refractivity contribution in [2.24, 2.45) is 0 Å². The van der Waals surface area contributed by atoms with Crippen molar-refractivity contribution in [2.45, 2.75) is 6.54 Å². The van der Waals surface area contributed by atoms with Crippen LogP contribution >= 0.6 is 0 Å². The van der Waals surface area contributed by atoms with Crippen LogP contribution in [0.15, 0.2) is 90.1 Å². The van der Waals surface area contributed by atoms with E-state index in [-0.39, 0.29) is 29.5 Å². The molecule has 0 saturated heterocycles. The predicted molar refractivity (Wildman–Crippen MR) is 174 cm³/mol. The zero-order valence-corrected chi connectivity index (χ0v) is 25.7. The molecule has 0 bridgehead atoms. The number of hydrogen-bond donors (Lipinski definition) is 2. The maximum Gasteiger partial charge on any atom is 0.259 e. The highest BCUT2D eigenvalue weighted by atomic mass is 19.1. The van der Waals surface area contributed by atoms with Crippen LogP contribution in [0.25, 0.3) is 22.0 Å². The normalized spacial score (nSPS) is 11.3. The van der Waals surface area contributed by atoms with Crippen molar-refractivity contribution in [3.63, 3.8) is 0 Å². The Morgan fingerprint density at radius 2 is 1.70 bits per heavy atom. The predicted octanol–water partition coefficient (Wildman–Crippen LogP) is 5.60. The van der Waals surface area contributed by atoms with Crippen molar-refractivity contribution < 1.29 is 23.0 Å². The summed E-state index contributed by atoms with van der Waals surface area (Å²) in [6, 6.07) is 14.7. The standard InChI is InChI=1S/C34H32F2N6O4/c1-41(2)14-6-9-30(43)40-24-8-5-7-21(15-24)20-42-26-17-29(39-23-10-12-37-13-11-23)38-19-22(26)16-25(34(42)44)31-32(35)27(45-3)18-28(46-4)33(31)36/h5-13,15-19H,14,20H2,1-4H3,(H,40,43)(H,37,38,39)/b9-6+. The van der Waals surface area contributed by atoms with Gasteiger partial charge in [-0.2, -0.15) is 0 Å². The molecule has 1 amide bonds. The van der Waals surface area contributed by atoms with Gasteiger partial charge in [0.25, 0.3) is 5.56 Å². The molecule has 0 aliphatic carbocycles. The van der Waals surface area contributed by atoms with Crippen molar-refractivity contribution >= 4 is 34.0 Å². The fourth-order valence-corrected chi connectivity index (χ4v) is 4.87.